The van der Waals surface area contributed by atoms with Gasteiger partial charge < -0.3 is 21.5 Å². The summed E-state index contributed by atoms with van der Waals surface area (Å²) in [5, 5.41) is 0. The highest BCUT2D eigenvalue weighted by molar-refractivity contribution is 6.80. The summed E-state index contributed by atoms with van der Waals surface area (Å²) >= 11 is 0. The highest BCUT2D eigenvalue weighted by Crippen LogP contribution is 2.19. The normalized spacial score (nSPS) is 12.2. The van der Waals surface area contributed by atoms with E-state index in [9.17, 15) is 4.79 Å². The highest BCUT2D eigenvalue weighted by Gasteiger charge is 2.39. The van der Waals surface area contributed by atoms with Crippen molar-refractivity contribution in [3.05, 3.63) is 35.1 Å². The van der Waals surface area contributed by atoms with Gasteiger partial charge in [-0.25, -0.2) is 0 Å². The minimum atomic E-state index is -2.57. The maximum atomic E-state index is 10.2. The predicted octanol–water partition coefficient (Wildman–Crippen LogP) is 10.7. The Bertz CT molecular complexity index is 786. The van der Waals surface area contributed by atoms with E-state index in [4.69, 9.17) is 21.5 Å². The van der Waals surface area contributed by atoms with Crippen LogP contribution in [0, 0.1) is 11.8 Å². The molecule has 0 saturated carbocycles. The highest BCUT2D eigenvalue weighted by atomic mass is 28.4. The van der Waals surface area contributed by atoms with Crippen LogP contribution in [0.25, 0.3) is 0 Å². The van der Waals surface area contributed by atoms with Gasteiger partial charge in [0.25, 0.3) is 9.28 Å². The molecular weight excluding hydrogens is 605 g/mol. The number of carbonyl (C=O) groups excluding carboxylic acids is 1. The van der Waals surface area contributed by atoms with E-state index in [0.29, 0.717) is 11.8 Å². The second-order valence-electron chi connectivity index (χ2n) is 14.7. The molecule has 0 fully saturated rings. The lowest BCUT2D eigenvalue weighted by Gasteiger charge is -2.30. The van der Waals surface area contributed by atoms with Crippen molar-refractivity contribution in [2.24, 2.45) is 11.8 Å². The van der Waals surface area contributed by atoms with Gasteiger partial charge in [-0.15, -0.1) is 0 Å². The van der Waals surface area contributed by atoms with Crippen molar-refractivity contribution in [2.45, 2.75) is 162 Å². The number of ketones is 1. The van der Waals surface area contributed by atoms with Gasteiger partial charge in [-0.3, -0.25) is 4.79 Å². The summed E-state index contributed by atoms with van der Waals surface area (Å²) in [4.78, 5) is 10.2. The van der Waals surface area contributed by atoms with Crippen LogP contribution >= 0.6 is 0 Å². The molecule has 0 rings (SSSR count). The number of hydrogen-bond donors (Lipinski definition) is 0. The quantitative estimate of drug-likeness (QED) is 0.0836. The van der Waals surface area contributed by atoms with Crippen molar-refractivity contribution in [1.82, 2.24) is 0 Å². The van der Waals surface area contributed by atoms with Gasteiger partial charge in [-0.2, -0.15) is 0 Å². The third kappa shape index (κ3) is 48.5. The molecule has 0 saturated heterocycles. The molecule has 43 heavy (non-hydrogen) atoms. The SMILES string of the molecule is C/C(=C/C(C)C)O[Si](C)(OC(C)C)OC(C)C.CC(=O)C=C(C)C.CC(C)=CC(C)C.C[SiH](O[Si](C)(C)C)O[Si](C)(C)C. The summed E-state index contributed by atoms with van der Waals surface area (Å²) in [5.41, 5.74) is 2.47. The Morgan fingerprint density at radius 3 is 1.12 bits per heavy atom. The molecule has 0 aromatic rings. The second kappa shape index (κ2) is 24.6. The Morgan fingerprint density at radius 2 is 0.953 bits per heavy atom. The summed E-state index contributed by atoms with van der Waals surface area (Å²) in [5.74, 6) is 2.19. The summed E-state index contributed by atoms with van der Waals surface area (Å²) < 4.78 is 29.4. The molecule has 0 aliphatic carbocycles. The van der Waals surface area contributed by atoms with Crippen LogP contribution < -0.4 is 0 Å². The van der Waals surface area contributed by atoms with Crippen LogP contribution in [0.3, 0.4) is 0 Å². The third-order valence-electron chi connectivity index (χ3n) is 4.01. The third-order valence-corrected chi connectivity index (χ3v) is 14.8. The fourth-order valence-electron chi connectivity index (χ4n) is 3.82. The number of allylic oxidation sites excluding steroid dienone is 6. The van der Waals surface area contributed by atoms with Gasteiger partial charge in [0.05, 0.1) is 5.76 Å². The van der Waals surface area contributed by atoms with Crippen molar-refractivity contribution in [2.75, 3.05) is 0 Å². The summed E-state index contributed by atoms with van der Waals surface area (Å²) in [7, 11) is -6.62. The van der Waals surface area contributed by atoms with E-state index in [1.807, 2.05) is 55.0 Å². The van der Waals surface area contributed by atoms with E-state index in [0.717, 1.165) is 11.3 Å². The van der Waals surface area contributed by atoms with Gasteiger partial charge in [-0.05, 0) is 139 Å². The van der Waals surface area contributed by atoms with Crippen molar-refractivity contribution >= 4 is 40.5 Å². The summed E-state index contributed by atoms with van der Waals surface area (Å²) in [6.07, 6.45) is 6.16. The van der Waals surface area contributed by atoms with Gasteiger partial charge in [0.2, 0.25) is 0 Å². The maximum absolute atomic E-state index is 10.2. The fourth-order valence-corrected chi connectivity index (χ4v) is 14.9. The standard InChI is InChI=1S/C13H28O3Si.C7H22O2Si3.C7H14.C6H10O/c1-10(2)9-13(7)16-17(8,14-11(3)4)15-12(5)6;1-10(8-11(2,3)4)9-12(5,6)7;1-6(2)5-7(3)4;1-5(2)4-6(3)7/h9-12H,1-8H3;10H,1-7H3;5-6H,1-4H3;4H,1-3H3/b13-9-;;;. The molecule has 0 aliphatic rings. The molecule has 0 aromatic carbocycles. The summed E-state index contributed by atoms with van der Waals surface area (Å²) in [6.45, 7) is 45.5. The van der Waals surface area contributed by atoms with E-state index >= 15 is 0 Å². The van der Waals surface area contributed by atoms with Gasteiger partial charge in [0.1, 0.15) is 0 Å². The van der Waals surface area contributed by atoms with Crippen LogP contribution in [0.2, 0.25) is 52.4 Å². The average Bonchev–Trinajstić information content (AvgIpc) is 2.61. The molecule has 0 heterocycles. The van der Waals surface area contributed by atoms with Crippen LogP contribution in [-0.2, 0) is 26.3 Å². The largest absolute Gasteiger partial charge is 0.562 e. The molecule has 258 valence electrons. The lowest BCUT2D eigenvalue weighted by Crippen LogP contribution is -2.45. The van der Waals surface area contributed by atoms with Crippen molar-refractivity contribution in [3.63, 3.8) is 0 Å². The van der Waals surface area contributed by atoms with E-state index < -0.39 is 34.7 Å². The van der Waals surface area contributed by atoms with Gasteiger partial charge in [0, 0.05) is 18.8 Å². The molecule has 0 radical (unpaired) electrons. The predicted molar refractivity (Wildman–Crippen MR) is 200 cm³/mol. The number of carbonyl (C=O) groups is 1. The smallest absolute Gasteiger partial charge is 0.505 e. The Morgan fingerprint density at radius 1 is 0.605 bits per heavy atom. The molecule has 0 N–H and O–H groups in total. The molecule has 0 aliphatic heterocycles. The van der Waals surface area contributed by atoms with E-state index in [1.165, 1.54) is 5.57 Å². The van der Waals surface area contributed by atoms with Gasteiger partial charge in [0.15, 0.2) is 22.4 Å². The Hall–Kier alpha value is -0.602. The minimum absolute atomic E-state index is 0.109. The first-order chi connectivity index (χ1) is 19.0. The zero-order valence-corrected chi connectivity index (χ0v) is 36.7. The zero-order valence-electron chi connectivity index (χ0n) is 32.6. The first kappa shape index (κ1) is 49.3. The monoisotopic (exact) mass is 678 g/mol. The number of hydrogen-bond acceptors (Lipinski definition) is 6. The Balaban J connectivity index is -0.000000254. The topological polar surface area (TPSA) is 63.2 Å². The Kier molecular flexibility index (Phi) is 28.2. The molecule has 0 amide bonds. The molecule has 0 spiro atoms. The molecule has 10 heteroatoms. The molecule has 0 atom stereocenters. The lowest BCUT2D eigenvalue weighted by molar-refractivity contribution is -0.112. The molecule has 0 aromatic heterocycles. The van der Waals surface area contributed by atoms with E-state index in [-0.39, 0.29) is 18.0 Å². The van der Waals surface area contributed by atoms with Gasteiger partial charge in [-0.1, -0.05) is 44.9 Å². The van der Waals surface area contributed by atoms with Crippen LogP contribution in [0.5, 0.6) is 0 Å². The van der Waals surface area contributed by atoms with Crippen LogP contribution in [0.15, 0.2) is 35.1 Å². The molecule has 0 bridgehead atoms. The fraction of sp³-hybridized carbons (Fsp3) is 0.788. The first-order valence-electron chi connectivity index (χ1n) is 15.9. The van der Waals surface area contributed by atoms with Gasteiger partial charge >= 0.3 is 8.80 Å². The van der Waals surface area contributed by atoms with Crippen molar-refractivity contribution < 1.29 is 26.3 Å². The van der Waals surface area contributed by atoms with E-state index in [1.54, 1.807) is 13.0 Å². The van der Waals surface area contributed by atoms with Crippen LogP contribution in [-0.4, -0.2) is 52.7 Å². The molecule has 6 nitrogen and oxygen atoms in total. The van der Waals surface area contributed by atoms with Crippen molar-refractivity contribution in [3.8, 4) is 0 Å². The minimum Gasteiger partial charge on any atom is -0.505 e. The molecule has 0 unspecified atom stereocenters. The molecular formula is C33H74O6Si4. The second-order valence-corrected chi connectivity index (χ2v) is 28.5. The summed E-state index contributed by atoms with van der Waals surface area (Å²) in [6, 6.07) is 0. The first-order valence-corrected chi connectivity index (χ1v) is 27.0. The zero-order chi connectivity index (χ0) is 35.4. The average molecular weight is 679 g/mol. The van der Waals surface area contributed by atoms with Crippen molar-refractivity contribution in [1.29, 1.82) is 0 Å². The van der Waals surface area contributed by atoms with Crippen LogP contribution in [0.1, 0.15) is 96.9 Å². The maximum Gasteiger partial charge on any atom is 0.562 e. The number of rotatable bonds is 13. The van der Waals surface area contributed by atoms with Crippen LogP contribution in [0.4, 0.5) is 0 Å². The van der Waals surface area contributed by atoms with E-state index in [2.05, 4.69) is 99.5 Å². The Labute approximate surface area is 274 Å². The lowest BCUT2D eigenvalue weighted by atomic mass is 10.1.